The second-order valence-corrected chi connectivity index (χ2v) is 6.15. The van der Waals surface area contributed by atoms with Crippen LogP contribution in [0.2, 0.25) is 0 Å². The second-order valence-electron chi connectivity index (χ2n) is 4.47. The Morgan fingerprint density at radius 2 is 2.14 bits per heavy atom. The summed E-state index contributed by atoms with van der Waals surface area (Å²) < 4.78 is 26.8. The lowest BCUT2D eigenvalue weighted by Crippen LogP contribution is -2.14. The number of nitrogens with one attached hydrogen (secondary N) is 3. The minimum atomic E-state index is -3.70. The van der Waals surface area contributed by atoms with Crippen LogP contribution in [0.25, 0.3) is 0 Å². The Bertz CT molecular complexity index is 739. The summed E-state index contributed by atoms with van der Waals surface area (Å²) >= 11 is 0. The Morgan fingerprint density at radius 1 is 1.38 bits per heavy atom. The zero-order valence-electron chi connectivity index (χ0n) is 11.7. The van der Waals surface area contributed by atoms with Gasteiger partial charge >= 0.3 is 0 Å². The number of hydrogen-bond acceptors (Lipinski definition) is 4. The number of aromatic amines is 1. The highest BCUT2D eigenvalue weighted by molar-refractivity contribution is 7.92. The predicted molar refractivity (Wildman–Crippen MR) is 79.5 cm³/mol. The summed E-state index contributed by atoms with van der Waals surface area (Å²) in [7, 11) is -3.70. The molecule has 3 N–H and O–H groups in total. The number of aryl methyl sites for hydroxylation is 1. The largest absolute Gasteiger partial charge is 0.326 e. The number of benzene rings is 1. The minimum absolute atomic E-state index is 0.0462. The van der Waals surface area contributed by atoms with E-state index in [2.05, 4.69) is 20.2 Å². The van der Waals surface area contributed by atoms with Gasteiger partial charge in [0.15, 0.2) is 0 Å². The molecule has 0 unspecified atom stereocenters. The summed E-state index contributed by atoms with van der Waals surface area (Å²) in [6.07, 6.45) is 2.87. The van der Waals surface area contributed by atoms with E-state index in [9.17, 15) is 13.2 Å². The fraction of sp³-hybridized carbons (Fsp3) is 0.231. The summed E-state index contributed by atoms with van der Waals surface area (Å²) in [6, 6.07) is 5.04. The molecule has 0 aliphatic rings. The summed E-state index contributed by atoms with van der Waals surface area (Å²) in [5, 5.41) is 8.76. The number of nitrogens with zero attached hydrogens (tertiary/aromatic N) is 1. The molecule has 0 saturated carbocycles. The number of carbonyl (C=O) groups excluding carboxylic acids is 1. The van der Waals surface area contributed by atoms with Crippen LogP contribution >= 0.6 is 0 Å². The number of rotatable bonds is 5. The van der Waals surface area contributed by atoms with Crippen molar-refractivity contribution in [3.63, 3.8) is 0 Å². The molecule has 0 bridgehead atoms. The number of anilines is 2. The van der Waals surface area contributed by atoms with E-state index in [1.54, 1.807) is 32.0 Å². The summed E-state index contributed by atoms with van der Waals surface area (Å²) in [6.45, 7) is 3.52. The van der Waals surface area contributed by atoms with Crippen LogP contribution < -0.4 is 10.0 Å². The average molecular weight is 308 g/mol. The lowest BCUT2D eigenvalue weighted by atomic mass is 10.2. The molecule has 0 aliphatic carbocycles. The lowest BCUT2D eigenvalue weighted by Gasteiger charge is -2.12. The Hall–Kier alpha value is -2.35. The summed E-state index contributed by atoms with van der Waals surface area (Å²) in [5.74, 6) is -0.137. The van der Waals surface area contributed by atoms with Crippen LogP contribution in [-0.2, 0) is 14.8 Å². The Balaban J connectivity index is 2.27. The van der Waals surface area contributed by atoms with Gasteiger partial charge in [0, 0.05) is 18.3 Å². The predicted octanol–water partition coefficient (Wildman–Crippen LogP) is 1.87. The zero-order valence-corrected chi connectivity index (χ0v) is 12.5. The molecule has 7 nitrogen and oxygen atoms in total. The first-order valence-corrected chi connectivity index (χ1v) is 7.83. The molecule has 8 heteroatoms. The van der Waals surface area contributed by atoms with E-state index >= 15 is 0 Å². The van der Waals surface area contributed by atoms with E-state index in [4.69, 9.17) is 0 Å². The van der Waals surface area contributed by atoms with Crippen LogP contribution in [0.1, 0.15) is 18.9 Å². The van der Waals surface area contributed by atoms with Crippen LogP contribution in [0, 0.1) is 6.92 Å². The van der Waals surface area contributed by atoms with Crippen LogP contribution in [0.4, 0.5) is 11.4 Å². The van der Waals surface area contributed by atoms with Crippen LogP contribution in [0.5, 0.6) is 0 Å². The maximum absolute atomic E-state index is 12.1. The number of carbonyl (C=O) groups is 1. The molecule has 112 valence electrons. The molecular formula is C13H16N4O3S. The van der Waals surface area contributed by atoms with Crippen molar-refractivity contribution in [3.05, 3.63) is 36.2 Å². The van der Waals surface area contributed by atoms with E-state index in [0.29, 0.717) is 17.8 Å². The van der Waals surface area contributed by atoms with Gasteiger partial charge in [-0.1, -0.05) is 13.0 Å². The van der Waals surface area contributed by atoms with Crippen molar-refractivity contribution in [2.45, 2.75) is 25.2 Å². The topological polar surface area (TPSA) is 104 Å². The smallest absolute Gasteiger partial charge is 0.265 e. The molecule has 0 atom stereocenters. The Kier molecular flexibility index (Phi) is 4.27. The molecular weight excluding hydrogens is 292 g/mol. The molecule has 0 saturated heterocycles. The molecule has 1 heterocycles. The third-order valence-electron chi connectivity index (χ3n) is 2.87. The number of H-pyrrole nitrogens is 1. The average Bonchev–Trinajstić information content (AvgIpc) is 2.97. The van der Waals surface area contributed by atoms with Gasteiger partial charge < -0.3 is 5.32 Å². The van der Waals surface area contributed by atoms with Crippen LogP contribution in [-0.4, -0.2) is 24.5 Å². The van der Waals surface area contributed by atoms with E-state index in [0.717, 1.165) is 5.56 Å². The molecule has 1 aromatic heterocycles. The van der Waals surface area contributed by atoms with Gasteiger partial charge in [0.2, 0.25) is 5.91 Å². The summed E-state index contributed by atoms with van der Waals surface area (Å²) in [5.41, 5.74) is 1.69. The molecule has 0 radical (unpaired) electrons. The van der Waals surface area contributed by atoms with Crippen molar-refractivity contribution in [1.82, 2.24) is 10.2 Å². The van der Waals surface area contributed by atoms with Crippen molar-refractivity contribution in [1.29, 1.82) is 0 Å². The Morgan fingerprint density at radius 3 is 2.76 bits per heavy atom. The quantitative estimate of drug-likeness (QED) is 0.784. The number of aromatic nitrogens is 2. The van der Waals surface area contributed by atoms with E-state index < -0.39 is 10.0 Å². The van der Waals surface area contributed by atoms with Crippen molar-refractivity contribution in [2.75, 3.05) is 10.0 Å². The fourth-order valence-electron chi connectivity index (χ4n) is 1.65. The van der Waals surface area contributed by atoms with Gasteiger partial charge in [-0.3, -0.25) is 14.6 Å². The third-order valence-corrected chi connectivity index (χ3v) is 4.20. The van der Waals surface area contributed by atoms with Gasteiger partial charge in [-0.2, -0.15) is 5.10 Å². The van der Waals surface area contributed by atoms with Crippen molar-refractivity contribution >= 4 is 27.3 Å². The standard InChI is InChI=1S/C13H16N4O3S/c1-3-13(18)16-10-5-4-9(2)12(6-10)17-21(19,20)11-7-14-15-8-11/h4-8,17H,3H2,1-2H3,(H,14,15)(H,16,18). The Labute approximate surface area is 122 Å². The first-order valence-electron chi connectivity index (χ1n) is 6.34. The highest BCUT2D eigenvalue weighted by atomic mass is 32.2. The molecule has 0 aliphatic heterocycles. The number of amides is 1. The maximum Gasteiger partial charge on any atom is 0.265 e. The van der Waals surface area contributed by atoms with Gasteiger partial charge in [0.25, 0.3) is 10.0 Å². The van der Waals surface area contributed by atoms with Crippen molar-refractivity contribution in [2.24, 2.45) is 0 Å². The van der Waals surface area contributed by atoms with Crippen LogP contribution in [0.15, 0.2) is 35.5 Å². The van der Waals surface area contributed by atoms with Gasteiger partial charge in [0.05, 0.1) is 11.9 Å². The molecule has 0 fully saturated rings. The van der Waals surface area contributed by atoms with E-state index in [-0.39, 0.29) is 10.8 Å². The van der Waals surface area contributed by atoms with E-state index in [1.807, 2.05) is 0 Å². The molecule has 2 rings (SSSR count). The van der Waals surface area contributed by atoms with Gasteiger partial charge in [-0.25, -0.2) is 8.42 Å². The second kappa shape index (κ2) is 5.96. The molecule has 1 amide bonds. The van der Waals surface area contributed by atoms with Crippen molar-refractivity contribution < 1.29 is 13.2 Å². The van der Waals surface area contributed by atoms with Crippen molar-refractivity contribution in [3.8, 4) is 0 Å². The molecule has 0 spiro atoms. The monoisotopic (exact) mass is 308 g/mol. The zero-order chi connectivity index (χ0) is 15.5. The molecule has 2 aromatic rings. The van der Waals surface area contributed by atoms with E-state index in [1.165, 1.54) is 12.4 Å². The first-order chi connectivity index (χ1) is 9.92. The minimum Gasteiger partial charge on any atom is -0.326 e. The number of hydrogen-bond donors (Lipinski definition) is 3. The van der Waals surface area contributed by atoms with Gasteiger partial charge in [-0.15, -0.1) is 0 Å². The SMILES string of the molecule is CCC(=O)Nc1ccc(C)c(NS(=O)(=O)c2cn[nH]c2)c1. The number of sulfonamides is 1. The van der Waals surface area contributed by atoms with Gasteiger partial charge in [0.1, 0.15) is 4.90 Å². The third kappa shape index (κ3) is 3.60. The maximum atomic E-state index is 12.1. The normalized spacial score (nSPS) is 11.1. The first kappa shape index (κ1) is 15.0. The van der Waals surface area contributed by atoms with Crippen LogP contribution in [0.3, 0.4) is 0 Å². The lowest BCUT2D eigenvalue weighted by molar-refractivity contribution is -0.115. The summed E-state index contributed by atoms with van der Waals surface area (Å²) in [4.78, 5) is 11.4. The highest BCUT2D eigenvalue weighted by Gasteiger charge is 2.16. The molecule has 1 aromatic carbocycles. The fourth-order valence-corrected chi connectivity index (χ4v) is 2.68. The highest BCUT2D eigenvalue weighted by Crippen LogP contribution is 2.23. The molecule has 21 heavy (non-hydrogen) atoms. The van der Waals surface area contributed by atoms with Gasteiger partial charge in [-0.05, 0) is 24.6 Å².